The molecule has 120 valence electrons. The number of ether oxygens (including phenoxy) is 3. The van der Waals surface area contributed by atoms with Gasteiger partial charge in [-0.3, -0.25) is 0 Å². The molecule has 4 heteroatoms. The van der Waals surface area contributed by atoms with Crippen molar-refractivity contribution >= 4 is 0 Å². The number of rotatable bonds is 10. The molecule has 0 heterocycles. The molecule has 0 fully saturated rings. The zero-order chi connectivity index (χ0) is 15.7. The number of benzene rings is 1. The summed E-state index contributed by atoms with van der Waals surface area (Å²) in [5, 5.41) is 0. The van der Waals surface area contributed by atoms with E-state index in [-0.39, 0.29) is 12.1 Å². The van der Waals surface area contributed by atoms with Crippen molar-refractivity contribution in [2.45, 2.75) is 52.2 Å². The summed E-state index contributed by atoms with van der Waals surface area (Å²) >= 11 is 0. The Hall–Kier alpha value is -1.26. The van der Waals surface area contributed by atoms with Gasteiger partial charge in [-0.05, 0) is 37.8 Å². The van der Waals surface area contributed by atoms with Crippen LogP contribution in [0.25, 0.3) is 0 Å². The number of methoxy groups -OCH3 is 1. The lowest BCUT2D eigenvalue weighted by atomic mass is 10.0. The molecule has 21 heavy (non-hydrogen) atoms. The molecule has 0 radical (unpaired) electrons. The number of nitrogens with two attached hydrogens (primary N) is 1. The van der Waals surface area contributed by atoms with Crippen LogP contribution in [-0.2, 0) is 11.2 Å². The van der Waals surface area contributed by atoms with E-state index >= 15 is 0 Å². The largest absolute Gasteiger partial charge is 0.493 e. The fourth-order valence-electron chi connectivity index (χ4n) is 1.85. The first-order chi connectivity index (χ1) is 10.1. The smallest absolute Gasteiger partial charge is 0.126 e. The molecule has 0 spiro atoms. The lowest BCUT2D eigenvalue weighted by molar-refractivity contribution is 0.0711. The highest BCUT2D eigenvalue weighted by Gasteiger charge is 2.11. The molecule has 1 aromatic rings. The number of hydrogen-bond acceptors (Lipinski definition) is 4. The minimum Gasteiger partial charge on any atom is -0.493 e. The van der Waals surface area contributed by atoms with Crippen molar-refractivity contribution in [1.82, 2.24) is 0 Å². The van der Waals surface area contributed by atoms with Gasteiger partial charge in [-0.15, -0.1) is 0 Å². The van der Waals surface area contributed by atoms with Crippen LogP contribution in [0.15, 0.2) is 18.2 Å². The standard InChI is InChI=1S/C17H29NO3/c1-5-9-20-16-8-7-14(10-15(18)6-2)17(11-16)21-12-13(3)19-4/h7-8,11,13,15H,5-6,9-10,12,18H2,1-4H3. The molecule has 0 saturated heterocycles. The van der Waals surface area contributed by atoms with E-state index in [4.69, 9.17) is 19.9 Å². The Morgan fingerprint density at radius 2 is 1.95 bits per heavy atom. The summed E-state index contributed by atoms with van der Waals surface area (Å²) in [6.45, 7) is 7.39. The highest BCUT2D eigenvalue weighted by atomic mass is 16.5. The predicted octanol–water partition coefficient (Wildman–Crippen LogP) is 3.17. The molecule has 2 N–H and O–H groups in total. The molecule has 0 aliphatic heterocycles. The summed E-state index contributed by atoms with van der Waals surface area (Å²) in [6, 6.07) is 6.14. The van der Waals surface area contributed by atoms with Crippen molar-refractivity contribution in [3.05, 3.63) is 23.8 Å². The summed E-state index contributed by atoms with van der Waals surface area (Å²) < 4.78 is 16.8. The van der Waals surface area contributed by atoms with Crippen LogP contribution in [0, 0.1) is 0 Å². The van der Waals surface area contributed by atoms with Crippen molar-refractivity contribution in [3.8, 4) is 11.5 Å². The van der Waals surface area contributed by atoms with Crippen LogP contribution in [0.2, 0.25) is 0 Å². The monoisotopic (exact) mass is 295 g/mol. The molecule has 0 bridgehead atoms. The van der Waals surface area contributed by atoms with Gasteiger partial charge < -0.3 is 19.9 Å². The van der Waals surface area contributed by atoms with Gasteiger partial charge in [-0.1, -0.05) is 19.9 Å². The van der Waals surface area contributed by atoms with Gasteiger partial charge >= 0.3 is 0 Å². The zero-order valence-electron chi connectivity index (χ0n) is 13.7. The van der Waals surface area contributed by atoms with E-state index in [9.17, 15) is 0 Å². The molecule has 1 rings (SSSR count). The minimum absolute atomic E-state index is 0.0536. The highest BCUT2D eigenvalue weighted by Crippen LogP contribution is 2.26. The molecule has 0 aromatic heterocycles. The fourth-order valence-corrected chi connectivity index (χ4v) is 1.85. The lowest BCUT2D eigenvalue weighted by Crippen LogP contribution is -2.22. The molecule has 4 nitrogen and oxygen atoms in total. The van der Waals surface area contributed by atoms with E-state index < -0.39 is 0 Å². The summed E-state index contributed by atoms with van der Waals surface area (Å²) in [5.74, 6) is 1.68. The van der Waals surface area contributed by atoms with Gasteiger partial charge in [0.25, 0.3) is 0 Å². The predicted molar refractivity (Wildman–Crippen MR) is 86.2 cm³/mol. The first-order valence-electron chi connectivity index (χ1n) is 7.77. The zero-order valence-corrected chi connectivity index (χ0v) is 13.7. The summed E-state index contributed by atoms with van der Waals surface area (Å²) in [6.07, 6.45) is 2.79. The van der Waals surface area contributed by atoms with E-state index in [1.54, 1.807) is 7.11 Å². The molecular formula is C17H29NO3. The Labute approximate surface area is 128 Å². The Kier molecular flexibility index (Phi) is 8.16. The van der Waals surface area contributed by atoms with E-state index in [0.29, 0.717) is 13.2 Å². The molecule has 0 aliphatic rings. The first kappa shape index (κ1) is 17.8. The van der Waals surface area contributed by atoms with E-state index in [2.05, 4.69) is 13.8 Å². The van der Waals surface area contributed by atoms with Crippen LogP contribution < -0.4 is 15.2 Å². The molecule has 0 aliphatic carbocycles. The Bertz CT molecular complexity index is 409. The second-order valence-corrected chi connectivity index (χ2v) is 5.35. The van der Waals surface area contributed by atoms with Crippen molar-refractivity contribution in [2.24, 2.45) is 5.73 Å². The van der Waals surface area contributed by atoms with E-state index in [1.807, 2.05) is 25.1 Å². The van der Waals surface area contributed by atoms with Gasteiger partial charge in [0.1, 0.15) is 18.1 Å². The third-order valence-corrected chi connectivity index (χ3v) is 3.39. The molecule has 2 atom stereocenters. The third kappa shape index (κ3) is 6.36. The SMILES string of the molecule is CCCOc1ccc(CC(N)CC)c(OCC(C)OC)c1. The second-order valence-electron chi connectivity index (χ2n) is 5.35. The first-order valence-corrected chi connectivity index (χ1v) is 7.77. The second kappa shape index (κ2) is 9.64. The maximum atomic E-state index is 6.06. The topological polar surface area (TPSA) is 53.7 Å². The van der Waals surface area contributed by atoms with Crippen LogP contribution in [0.4, 0.5) is 0 Å². The average molecular weight is 295 g/mol. The Morgan fingerprint density at radius 3 is 2.57 bits per heavy atom. The highest BCUT2D eigenvalue weighted by molar-refractivity contribution is 5.41. The van der Waals surface area contributed by atoms with Crippen LogP contribution in [0.5, 0.6) is 11.5 Å². The molecular weight excluding hydrogens is 266 g/mol. The number of hydrogen-bond donors (Lipinski definition) is 1. The van der Waals surface area contributed by atoms with Gasteiger partial charge in [0, 0.05) is 19.2 Å². The molecule has 2 unspecified atom stereocenters. The lowest BCUT2D eigenvalue weighted by Gasteiger charge is -2.18. The van der Waals surface area contributed by atoms with Gasteiger partial charge in [-0.25, -0.2) is 0 Å². The van der Waals surface area contributed by atoms with Crippen molar-refractivity contribution in [3.63, 3.8) is 0 Å². The van der Waals surface area contributed by atoms with Crippen molar-refractivity contribution in [1.29, 1.82) is 0 Å². The average Bonchev–Trinajstić information content (AvgIpc) is 2.51. The minimum atomic E-state index is 0.0536. The molecule has 0 saturated carbocycles. The van der Waals surface area contributed by atoms with Crippen LogP contribution in [-0.4, -0.2) is 32.5 Å². The van der Waals surface area contributed by atoms with Crippen LogP contribution in [0.3, 0.4) is 0 Å². The summed E-state index contributed by atoms with van der Waals surface area (Å²) in [7, 11) is 1.68. The van der Waals surface area contributed by atoms with Gasteiger partial charge in [0.15, 0.2) is 0 Å². The maximum Gasteiger partial charge on any atom is 0.126 e. The Morgan fingerprint density at radius 1 is 1.19 bits per heavy atom. The van der Waals surface area contributed by atoms with Crippen molar-refractivity contribution < 1.29 is 14.2 Å². The van der Waals surface area contributed by atoms with Crippen molar-refractivity contribution in [2.75, 3.05) is 20.3 Å². The molecule has 1 aromatic carbocycles. The van der Waals surface area contributed by atoms with Gasteiger partial charge in [-0.2, -0.15) is 0 Å². The maximum absolute atomic E-state index is 6.06. The van der Waals surface area contributed by atoms with Crippen LogP contribution >= 0.6 is 0 Å². The van der Waals surface area contributed by atoms with Crippen LogP contribution in [0.1, 0.15) is 39.2 Å². The summed E-state index contributed by atoms with van der Waals surface area (Å²) in [5.41, 5.74) is 7.18. The van der Waals surface area contributed by atoms with Gasteiger partial charge in [0.05, 0.1) is 12.7 Å². The quantitative estimate of drug-likeness (QED) is 0.720. The summed E-state index contributed by atoms with van der Waals surface area (Å²) in [4.78, 5) is 0. The fraction of sp³-hybridized carbons (Fsp3) is 0.647. The van der Waals surface area contributed by atoms with E-state index in [0.717, 1.165) is 36.3 Å². The Balaban J connectivity index is 2.83. The normalized spacial score (nSPS) is 13.8. The third-order valence-electron chi connectivity index (χ3n) is 3.39. The van der Waals surface area contributed by atoms with E-state index in [1.165, 1.54) is 0 Å². The van der Waals surface area contributed by atoms with Gasteiger partial charge in [0.2, 0.25) is 0 Å². The molecule has 0 amide bonds.